The van der Waals surface area contributed by atoms with Crippen LogP contribution in [0.2, 0.25) is 0 Å². The van der Waals surface area contributed by atoms with Crippen molar-refractivity contribution in [2.45, 2.75) is 24.5 Å². The smallest absolute Gasteiger partial charge is 0.167 e. The Morgan fingerprint density at radius 3 is 2.65 bits per heavy atom. The Balaban J connectivity index is 0.00000147. The lowest BCUT2D eigenvalue weighted by atomic mass is 10.3. The van der Waals surface area contributed by atoms with Gasteiger partial charge in [0.05, 0.1) is 12.9 Å². The Bertz CT molecular complexity index is 605. The molecule has 0 unspecified atom stereocenters. The number of anilines is 1. The van der Waals surface area contributed by atoms with Gasteiger partial charge < -0.3 is 31.3 Å². The van der Waals surface area contributed by atoms with E-state index in [4.69, 9.17) is 15.6 Å². The van der Waals surface area contributed by atoms with Gasteiger partial charge in [0.25, 0.3) is 0 Å². The number of aliphatic hydroxyl groups excluding tert-OH is 3. The number of imidazole rings is 1. The van der Waals surface area contributed by atoms with Crippen LogP contribution in [-0.4, -0.2) is 65.2 Å². The highest BCUT2D eigenvalue weighted by Gasteiger charge is 2.43. The summed E-state index contributed by atoms with van der Waals surface area (Å²) < 4.78 is 6.85. The second kappa shape index (κ2) is 5.26. The minimum absolute atomic E-state index is 0. The van der Waals surface area contributed by atoms with Crippen LogP contribution in [0.1, 0.15) is 6.23 Å². The summed E-state index contributed by atoms with van der Waals surface area (Å²) >= 11 is 0. The topological polar surface area (TPSA) is 171 Å². The summed E-state index contributed by atoms with van der Waals surface area (Å²) in [6, 6.07) is 0. The molecule has 2 aromatic rings. The molecule has 0 aromatic carbocycles. The fourth-order valence-electron chi connectivity index (χ4n) is 2.17. The standard InChI is InChI=1S/C10H13N5O4.H2O/c11-8-5-9(13-2-12-8)15(3-14-5)10-7(18)6(17)4(1-16)19-10;/h2-4,6-7,10,16-18H,1H2,(H2,11,12,13);1H2/t4-,6-,7-,10-;/m1./s1/i6+1;. The molecular weight excluding hydrogens is 271 g/mol. The first-order chi connectivity index (χ1) is 9.13. The van der Waals surface area contributed by atoms with Crippen molar-refractivity contribution in [1.29, 1.82) is 0 Å². The second-order valence-electron chi connectivity index (χ2n) is 4.31. The van der Waals surface area contributed by atoms with Gasteiger partial charge in [-0.15, -0.1) is 0 Å². The van der Waals surface area contributed by atoms with Crippen LogP contribution >= 0.6 is 0 Å². The van der Waals surface area contributed by atoms with Crippen LogP contribution in [0.5, 0.6) is 0 Å². The molecule has 1 saturated heterocycles. The molecule has 10 nitrogen and oxygen atoms in total. The molecular formula is C10H15N5O5. The van der Waals surface area contributed by atoms with Crippen molar-refractivity contribution in [3.05, 3.63) is 12.7 Å². The Kier molecular flexibility index (Phi) is 3.83. The summed E-state index contributed by atoms with van der Waals surface area (Å²) in [5.74, 6) is 0.218. The van der Waals surface area contributed by atoms with Crippen molar-refractivity contribution in [1.82, 2.24) is 19.5 Å². The minimum Gasteiger partial charge on any atom is -0.412 e. The summed E-state index contributed by atoms with van der Waals surface area (Å²) in [6.45, 7) is -0.390. The molecule has 0 saturated carbocycles. The van der Waals surface area contributed by atoms with E-state index in [0.29, 0.717) is 11.2 Å². The van der Waals surface area contributed by atoms with Gasteiger partial charge in [-0.3, -0.25) is 4.57 Å². The van der Waals surface area contributed by atoms with Gasteiger partial charge in [-0.05, 0) is 0 Å². The summed E-state index contributed by atoms with van der Waals surface area (Å²) in [6.07, 6.45) is -1.42. The summed E-state index contributed by atoms with van der Waals surface area (Å²) in [4.78, 5) is 11.9. The van der Waals surface area contributed by atoms with Crippen molar-refractivity contribution in [2.24, 2.45) is 0 Å². The molecule has 0 spiro atoms. The zero-order chi connectivity index (χ0) is 13.6. The van der Waals surface area contributed by atoms with Gasteiger partial charge >= 0.3 is 0 Å². The maximum absolute atomic E-state index is 9.95. The molecule has 1 fully saturated rings. The van der Waals surface area contributed by atoms with Gasteiger partial charge in [-0.2, -0.15) is 0 Å². The summed E-state index contributed by atoms with van der Waals surface area (Å²) in [5, 5.41) is 28.7. The SMILES string of the molecule is Nc1ncnc2c1ncn2[C@@H]1O[C@H](CO)[13C@@H](O)[C@H]1O.O. The van der Waals surface area contributed by atoms with Crippen LogP contribution in [0.25, 0.3) is 11.2 Å². The lowest BCUT2D eigenvalue weighted by Gasteiger charge is -2.16. The van der Waals surface area contributed by atoms with E-state index in [-0.39, 0.29) is 11.3 Å². The van der Waals surface area contributed by atoms with Gasteiger partial charge in [0.2, 0.25) is 0 Å². The van der Waals surface area contributed by atoms with Crippen molar-refractivity contribution in [3.8, 4) is 0 Å². The maximum Gasteiger partial charge on any atom is 0.167 e. The van der Waals surface area contributed by atoms with Crippen molar-refractivity contribution in [3.63, 3.8) is 0 Å². The third kappa shape index (κ3) is 1.99. The molecule has 1 aliphatic rings. The third-order valence-electron chi connectivity index (χ3n) is 3.18. The number of hydrogen-bond acceptors (Lipinski definition) is 8. The molecule has 1 aliphatic heterocycles. The van der Waals surface area contributed by atoms with Gasteiger partial charge in [-0.25, -0.2) is 15.0 Å². The predicted molar refractivity (Wildman–Crippen MR) is 66.4 cm³/mol. The first-order valence-electron chi connectivity index (χ1n) is 5.69. The lowest BCUT2D eigenvalue weighted by Crippen LogP contribution is -2.33. The Labute approximate surface area is 112 Å². The molecule has 0 bridgehead atoms. The summed E-state index contributed by atoms with van der Waals surface area (Å²) in [5.41, 5.74) is 6.44. The van der Waals surface area contributed by atoms with Gasteiger partial charge in [-0.1, -0.05) is 0 Å². The van der Waals surface area contributed by atoms with Crippen LogP contribution in [0.4, 0.5) is 5.82 Å². The number of aliphatic hydroxyl groups is 3. The van der Waals surface area contributed by atoms with E-state index < -0.39 is 31.1 Å². The van der Waals surface area contributed by atoms with E-state index >= 15 is 0 Å². The molecule has 10 heteroatoms. The van der Waals surface area contributed by atoms with Gasteiger partial charge in [0.1, 0.15) is 30.2 Å². The molecule has 2 aromatic heterocycles. The fraction of sp³-hybridized carbons (Fsp3) is 0.500. The molecule has 4 atom stereocenters. The monoisotopic (exact) mass is 286 g/mol. The molecule has 0 amide bonds. The van der Waals surface area contributed by atoms with E-state index in [2.05, 4.69) is 15.0 Å². The maximum atomic E-state index is 9.95. The average molecular weight is 286 g/mol. The molecule has 7 N–H and O–H groups in total. The first kappa shape index (κ1) is 14.6. The predicted octanol–water partition coefficient (Wildman–Crippen LogP) is -2.80. The lowest BCUT2D eigenvalue weighted by molar-refractivity contribution is -0.0511. The van der Waals surface area contributed by atoms with E-state index in [1.165, 1.54) is 17.2 Å². The Hall–Kier alpha value is -1.85. The van der Waals surface area contributed by atoms with Crippen molar-refractivity contribution >= 4 is 17.0 Å². The first-order valence-corrected chi connectivity index (χ1v) is 5.69. The zero-order valence-corrected chi connectivity index (χ0v) is 10.3. The number of nitrogen functional groups attached to an aromatic ring is 1. The molecule has 20 heavy (non-hydrogen) atoms. The number of ether oxygens (including phenoxy) is 1. The van der Waals surface area contributed by atoms with E-state index in [0.717, 1.165) is 0 Å². The average Bonchev–Trinajstić information content (AvgIpc) is 2.94. The molecule has 3 rings (SSSR count). The minimum atomic E-state index is -1.19. The largest absolute Gasteiger partial charge is 0.412 e. The van der Waals surface area contributed by atoms with Crippen LogP contribution in [0, 0.1) is 0 Å². The van der Waals surface area contributed by atoms with Gasteiger partial charge in [0.15, 0.2) is 17.7 Å². The second-order valence-corrected chi connectivity index (χ2v) is 4.31. The number of rotatable bonds is 2. The zero-order valence-electron chi connectivity index (χ0n) is 10.3. The van der Waals surface area contributed by atoms with Crippen LogP contribution in [-0.2, 0) is 4.74 Å². The Morgan fingerprint density at radius 2 is 2.00 bits per heavy atom. The number of aromatic nitrogens is 4. The third-order valence-corrected chi connectivity index (χ3v) is 3.18. The highest BCUT2D eigenvalue weighted by atomic mass is 16.6. The van der Waals surface area contributed by atoms with Crippen LogP contribution in [0.3, 0.4) is 0 Å². The molecule has 0 radical (unpaired) electrons. The summed E-state index contributed by atoms with van der Waals surface area (Å²) in [7, 11) is 0. The highest BCUT2D eigenvalue weighted by molar-refractivity contribution is 5.81. The normalized spacial score (nSPS) is 29.6. The quantitative estimate of drug-likeness (QED) is 0.428. The van der Waals surface area contributed by atoms with Crippen molar-refractivity contribution < 1.29 is 25.5 Å². The van der Waals surface area contributed by atoms with Gasteiger partial charge in [0, 0.05) is 0 Å². The fourth-order valence-corrected chi connectivity index (χ4v) is 2.17. The van der Waals surface area contributed by atoms with E-state index in [9.17, 15) is 10.2 Å². The molecule has 0 aliphatic carbocycles. The number of hydrogen-bond donors (Lipinski definition) is 4. The molecule has 110 valence electrons. The molecule has 3 heterocycles. The van der Waals surface area contributed by atoms with E-state index in [1.54, 1.807) is 0 Å². The number of nitrogens with zero attached hydrogens (tertiary/aromatic N) is 4. The van der Waals surface area contributed by atoms with Crippen molar-refractivity contribution in [2.75, 3.05) is 12.3 Å². The van der Waals surface area contributed by atoms with E-state index in [1.807, 2.05) is 0 Å². The highest BCUT2D eigenvalue weighted by Crippen LogP contribution is 2.31. The van der Waals surface area contributed by atoms with Crippen LogP contribution in [0.15, 0.2) is 12.7 Å². The number of fused-ring (bicyclic) bond motifs is 1. The Morgan fingerprint density at radius 1 is 1.25 bits per heavy atom. The number of nitrogens with two attached hydrogens (primary N) is 1. The van der Waals surface area contributed by atoms with Crippen LogP contribution < -0.4 is 5.73 Å².